The summed E-state index contributed by atoms with van der Waals surface area (Å²) in [6.07, 6.45) is -1.95. The van der Waals surface area contributed by atoms with Gasteiger partial charge in [0, 0.05) is 6.42 Å². The average molecular weight is 310 g/mol. The summed E-state index contributed by atoms with van der Waals surface area (Å²) in [6.45, 7) is 0.301. The lowest BCUT2D eigenvalue weighted by Crippen LogP contribution is -2.64. The van der Waals surface area contributed by atoms with Crippen LogP contribution in [0.25, 0.3) is 0 Å². The molecule has 110 valence electrons. The Bertz CT molecular complexity index is 415. The third-order valence-corrected chi connectivity index (χ3v) is 2.89. The van der Waals surface area contributed by atoms with E-state index in [1.165, 1.54) is 0 Å². The third-order valence-electron chi connectivity index (χ3n) is 1.99. The lowest BCUT2D eigenvalue weighted by atomic mass is 10.0. The molecule has 0 amide bonds. The topological polar surface area (TPSA) is 54.4 Å². The molecule has 0 aromatic heterocycles. The third kappa shape index (κ3) is 2.15. The molecule has 0 fully saturated rings. The van der Waals surface area contributed by atoms with Gasteiger partial charge in [-0.2, -0.15) is 43.5 Å². The van der Waals surface area contributed by atoms with E-state index < -0.39 is 39.6 Å². The van der Waals surface area contributed by atoms with Crippen molar-refractivity contribution < 1.29 is 48.1 Å². The van der Waals surface area contributed by atoms with Crippen LogP contribution in [0.5, 0.6) is 0 Å². The maximum Gasteiger partial charge on any atom is 0.438 e. The number of rotatable bonds is 5. The number of alkyl halides is 8. The van der Waals surface area contributed by atoms with Gasteiger partial charge in [0.15, 0.2) is 0 Å². The normalized spacial score (nSPS) is 15.9. The van der Waals surface area contributed by atoms with Crippen LogP contribution in [0, 0.1) is 0 Å². The Hall–Kier alpha value is -0.650. The van der Waals surface area contributed by atoms with E-state index in [0.29, 0.717) is 6.92 Å². The fraction of sp³-hybridized carbons (Fsp3) is 1.00. The Morgan fingerprint density at radius 1 is 0.889 bits per heavy atom. The van der Waals surface area contributed by atoms with Crippen molar-refractivity contribution in [3.05, 3.63) is 0 Å². The molecule has 0 aliphatic carbocycles. The van der Waals surface area contributed by atoms with Crippen LogP contribution in [0.3, 0.4) is 0 Å². The molecule has 12 heteroatoms. The first-order valence-electron chi connectivity index (χ1n) is 4.04. The van der Waals surface area contributed by atoms with E-state index in [1.54, 1.807) is 0 Å². The quantitative estimate of drug-likeness (QED) is 0.627. The van der Waals surface area contributed by atoms with Gasteiger partial charge in [-0.15, -0.1) is 0 Å². The van der Waals surface area contributed by atoms with Crippen LogP contribution in [0.4, 0.5) is 35.1 Å². The van der Waals surface area contributed by atoms with Gasteiger partial charge in [-0.1, -0.05) is 6.92 Å². The summed E-state index contributed by atoms with van der Waals surface area (Å²) >= 11 is 0. The summed E-state index contributed by atoms with van der Waals surface area (Å²) in [7, 11) is -7.01. The Balaban J connectivity index is 5.96. The molecule has 0 saturated carbocycles. The van der Waals surface area contributed by atoms with E-state index in [0.717, 1.165) is 0 Å². The van der Waals surface area contributed by atoms with Crippen LogP contribution in [-0.2, 0) is 10.1 Å². The standard InChI is InChI=1S/C6H6F8O3S/c1-2-3(7,8)4(9,10)5(11,12)6(13,14)18(15,16)17/h2H2,1H3,(H,15,16,17). The SMILES string of the molecule is CCC(F)(F)C(F)(F)C(F)(F)C(F)(F)S(=O)(=O)O. The Morgan fingerprint density at radius 2 is 1.22 bits per heavy atom. The molecule has 0 atom stereocenters. The summed E-state index contributed by atoms with van der Waals surface area (Å²) in [6, 6.07) is 0. The van der Waals surface area contributed by atoms with E-state index in [1.807, 2.05) is 0 Å². The largest absolute Gasteiger partial charge is 0.438 e. The van der Waals surface area contributed by atoms with Crippen LogP contribution in [-0.4, -0.2) is 36.0 Å². The van der Waals surface area contributed by atoms with Crippen molar-refractivity contribution in [2.24, 2.45) is 0 Å². The summed E-state index contributed by atoms with van der Waals surface area (Å²) in [5.41, 5.74) is 0. The monoisotopic (exact) mass is 310 g/mol. The minimum absolute atomic E-state index is 0.301. The predicted molar refractivity (Wildman–Crippen MR) is 41.6 cm³/mol. The van der Waals surface area contributed by atoms with Gasteiger partial charge in [0.1, 0.15) is 0 Å². The minimum atomic E-state index is -7.01. The van der Waals surface area contributed by atoms with E-state index in [4.69, 9.17) is 4.55 Å². The van der Waals surface area contributed by atoms with Gasteiger partial charge in [0.05, 0.1) is 0 Å². The van der Waals surface area contributed by atoms with Crippen molar-refractivity contribution in [3.63, 3.8) is 0 Å². The van der Waals surface area contributed by atoms with Crippen molar-refractivity contribution in [1.82, 2.24) is 0 Å². The van der Waals surface area contributed by atoms with Crippen LogP contribution < -0.4 is 0 Å². The van der Waals surface area contributed by atoms with Gasteiger partial charge >= 0.3 is 33.1 Å². The highest BCUT2D eigenvalue weighted by atomic mass is 32.2. The number of hydrogen-bond donors (Lipinski definition) is 1. The fourth-order valence-corrected chi connectivity index (χ4v) is 1.25. The van der Waals surface area contributed by atoms with Crippen LogP contribution in [0.1, 0.15) is 13.3 Å². The van der Waals surface area contributed by atoms with Crippen molar-refractivity contribution in [3.8, 4) is 0 Å². The van der Waals surface area contributed by atoms with Crippen LogP contribution >= 0.6 is 0 Å². The second-order valence-electron chi connectivity index (χ2n) is 3.20. The van der Waals surface area contributed by atoms with Gasteiger partial charge in [0.25, 0.3) is 0 Å². The molecule has 0 aliphatic heterocycles. The molecule has 18 heavy (non-hydrogen) atoms. The molecule has 0 spiro atoms. The molecule has 0 radical (unpaired) electrons. The highest BCUT2D eigenvalue weighted by Crippen LogP contribution is 2.54. The van der Waals surface area contributed by atoms with Crippen molar-refractivity contribution in [2.45, 2.75) is 36.4 Å². The molecule has 3 nitrogen and oxygen atoms in total. The summed E-state index contributed by atoms with van der Waals surface area (Å²) < 4.78 is 128. The molecule has 0 aromatic carbocycles. The van der Waals surface area contributed by atoms with E-state index >= 15 is 0 Å². The molecule has 0 bridgehead atoms. The zero-order valence-electron chi connectivity index (χ0n) is 8.40. The highest BCUT2D eigenvalue weighted by molar-refractivity contribution is 7.87. The van der Waals surface area contributed by atoms with Gasteiger partial charge in [0.2, 0.25) is 0 Å². The molecular weight excluding hydrogens is 304 g/mol. The van der Waals surface area contributed by atoms with Crippen molar-refractivity contribution in [1.29, 1.82) is 0 Å². The molecular formula is C6H6F8O3S. The van der Waals surface area contributed by atoms with E-state index in [2.05, 4.69) is 0 Å². The Kier molecular flexibility index (Phi) is 4.03. The number of halogens is 8. The Morgan fingerprint density at radius 3 is 1.44 bits per heavy atom. The second kappa shape index (κ2) is 4.18. The van der Waals surface area contributed by atoms with Gasteiger partial charge in [-0.3, -0.25) is 4.55 Å². The van der Waals surface area contributed by atoms with Gasteiger partial charge < -0.3 is 0 Å². The second-order valence-corrected chi connectivity index (χ2v) is 4.66. The summed E-state index contributed by atoms with van der Waals surface area (Å²) in [5, 5.41) is -6.76. The van der Waals surface area contributed by atoms with Gasteiger partial charge in [-0.05, 0) is 0 Å². The molecule has 0 aromatic rings. The number of hydrogen-bond acceptors (Lipinski definition) is 2. The molecule has 0 rings (SSSR count). The summed E-state index contributed by atoms with van der Waals surface area (Å²) in [4.78, 5) is 0. The lowest BCUT2D eigenvalue weighted by Gasteiger charge is -2.34. The molecule has 0 aliphatic rings. The maximum absolute atomic E-state index is 12.7. The van der Waals surface area contributed by atoms with Crippen LogP contribution in [0.15, 0.2) is 0 Å². The zero-order chi connectivity index (χ0) is 15.2. The van der Waals surface area contributed by atoms with E-state index in [9.17, 15) is 43.5 Å². The van der Waals surface area contributed by atoms with Crippen LogP contribution in [0.2, 0.25) is 0 Å². The first kappa shape index (κ1) is 17.4. The molecule has 0 heterocycles. The predicted octanol–water partition coefficient (Wildman–Crippen LogP) is 2.78. The maximum atomic E-state index is 12.7. The average Bonchev–Trinajstić information content (AvgIpc) is 2.15. The van der Waals surface area contributed by atoms with Crippen molar-refractivity contribution in [2.75, 3.05) is 0 Å². The van der Waals surface area contributed by atoms with Crippen molar-refractivity contribution >= 4 is 10.1 Å². The fourth-order valence-electron chi connectivity index (χ4n) is 0.796. The summed E-state index contributed by atoms with van der Waals surface area (Å²) in [5.74, 6) is -19.3. The van der Waals surface area contributed by atoms with E-state index in [-0.39, 0.29) is 0 Å². The highest BCUT2D eigenvalue weighted by Gasteiger charge is 2.83. The van der Waals surface area contributed by atoms with Gasteiger partial charge in [-0.25, -0.2) is 0 Å². The first-order valence-corrected chi connectivity index (χ1v) is 5.48. The molecule has 0 saturated heterocycles. The minimum Gasteiger partial charge on any atom is -0.281 e. The Labute approximate surface area is 95.5 Å². The molecule has 0 unspecified atom stereocenters. The lowest BCUT2D eigenvalue weighted by molar-refractivity contribution is -0.348. The zero-order valence-corrected chi connectivity index (χ0v) is 9.22. The molecule has 1 N–H and O–H groups in total. The first-order chi connectivity index (χ1) is 7.56. The smallest absolute Gasteiger partial charge is 0.281 e.